The molecule has 0 aliphatic carbocycles. The zero-order valence-corrected chi connectivity index (χ0v) is 14.2. The molecule has 1 aromatic heterocycles. The van der Waals surface area contributed by atoms with Gasteiger partial charge in [0.25, 0.3) is 0 Å². The van der Waals surface area contributed by atoms with Crippen LogP contribution in [-0.4, -0.2) is 40.3 Å². The molecule has 0 bridgehead atoms. The van der Waals surface area contributed by atoms with Crippen molar-refractivity contribution >= 4 is 5.91 Å². The monoisotopic (exact) mass is 363 g/mol. The lowest BCUT2D eigenvalue weighted by Gasteiger charge is -2.22. The summed E-state index contributed by atoms with van der Waals surface area (Å²) in [7, 11) is 0. The maximum absolute atomic E-state index is 12.6. The van der Waals surface area contributed by atoms with Crippen molar-refractivity contribution in [3.05, 3.63) is 65.5 Å². The fourth-order valence-corrected chi connectivity index (χ4v) is 2.98. The Balaban J connectivity index is 1.58. The number of carbonyl (C=O) groups excluding carboxylic acids is 1. The van der Waals surface area contributed by atoms with Crippen LogP contribution in [0.5, 0.6) is 0 Å². The highest BCUT2D eigenvalue weighted by atomic mass is 19.4. The lowest BCUT2D eigenvalue weighted by atomic mass is 10.2. The van der Waals surface area contributed by atoms with E-state index in [4.69, 9.17) is 0 Å². The SMILES string of the molecule is O=C1CCN(Cc2ccc(C(F)(F)F)nc2)CCN1Cc1ccccc1. The predicted octanol–water partition coefficient (Wildman–Crippen LogP) is 3.33. The van der Waals surface area contributed by atoms with Gasteiger partial charge in [-0.15, -0.1) is 0 Å². The van der Waals surface area contributed by atoms with Crippen molar-refractivity contribution in [3.63, 3.8) is 0 Å². The van der Waals surface area contributed by atoms with E-state index in [1.54, 1.807) is 0 Å². The van der Waals surface area contributed by atoms with Gasteiger partial charge in [0, 0.05) is 45.3 Å². The normalized spacial score (nSPS) is 16.6. The first-order valence-electron chi connectivity index (χ1n) is 8.48. The van der Waals surface area contributed by atoms with E-state index in [2.05, 4.69) is 9.88 Å². The molecule has 2 aromatic rings. The number of rotatable bonds is 4. The fraction of sp³-hybridized carbons (Fsp3) is 0.368. The van der Waals surface area contributed by atoms with Crippen LogP contribution in [0.3, 0.4) is 0 Å². The average Bonchev–Trinajstić information content (AvgIpc) is 2.78. The molecule has 2 heterocycles. The maximum Gasteiger partial charge on any atom is 0.433 e. The molecule has 1 aliphatic rings. The van der Waals surface area contributed by atoms with Crippen LogP contribution in [0.4, 0.5) is 13.2 Å². The molecule has 4 nitrogen and oxygen atoms in total. The van der Waals surface area contributed by atoms with E-state index in [1.807, 2.05) is 35.2 Å². The van der Waals surface area contributed by atoms with E-state index in [0.717, 1.165) is 11.6 Å². The Morgan fingerprint density at radius 1 is 0.923 bits per heavy atom. The van der Waals surface area contributed by atoms with E-state index in [1.165, 1.54) is 12.3 Å². The van der Waals surface area contributed by atoms with E-state index in [9.17, 15) is 18.0 Å². The van der Waals surface area contributed by atoms with E-state index < -0.39 is 11.9 Å². The third-order valence-electron chi connectivity index (χ3n) is 4.42. The summed E-state index contributed by atoms with van der Waals surface area (Å²) in [5, 5.41) is 0. The largest absolute Gasteiger partial charge is 0.433 e. The third-order valence-corrected chi connectivity index (χ3v) is 4.42. The highest BCUT2D eigenvalue weighted by Gasteiger charge is 2.32. The highest BCUT2D eigenvalue weighted by molar-refractivity contribution is 5.76. The van der Waals surface area contributed by atoms with Gasteiger partial charge < -0.3 is 4.90 Å². The first-order chi connectivity index (χ1) is 12.4. The number of nitrogens with zero attached hydrogens (tertiary/aromatic N) is 3. The number of halogens is 3. The zero-order chi connectivity index (χ0) is 18.6. The smallest absolute Gasteiger partial charge is 0.337 e. The number of hydrogen-bond acceptors (Lipinski definition) is 3. The molecule has 0 radical (unpaired) electrons. The topological polar surface area (TPSA) is 36.4 Å². The van der Waals surface area contributed by atoms with Gasteiger partial charge >= 0.3 is 6.18 Å². The third kappa shape index (κ3) is 4.82. The second-order valence-corrected chi connectivity index (χ2v) is 6.38. The molecule has 1 amide bonds. The van der Waals surface area contributed by atoms with Crippen LogP contribution in [0.15, 0.2) is 48.7 Å². The standard InChI is InChI=1S/C19H20F3N3O/c20-19(21,22)17-7-6-16(12-23-17)13-24-9-8-18(26)25(11-10-24)14-15-4-2-1-3-5-15/h1-7,12H,8-11,13-14H2. The minimum atomic E-state index is -4.43. The summed E-state index contributed by atoms with van der Waals surface area (Å²) in [5.41, 5.74) is 0.907. The quantitative estimate of drug-likeness (QED) is 0.836. The molecule has 1 aliphatic heterocycles. The van der Waals surface area contributed by atoms with Crippen molar-refractivity contribution in [3.8, 4) is 0 Å². The second kappa shape index (κ2) is 7.86. The first kappa shape index (κ1) is 18.4. The summed E-state index contributed by atoms with van der Waals surface area (Å²) >= 11 is 0. The zero-order valence-electron chi connectivity index (χ0n) is 14.2. The van der Waals surface area contributed by atoms with Crippen LogP contribution >= 0.6 is 0 Å². The van der Waals surface area contributed by atoms with Gasteiger partial charge in [0.1, 0.15) is 5.69 Å². The summed E-state index contributed by atoms with van der Waals surface area (Å²) in [4.78, 5) is 19.7. The molecule has 0 saturated carbocycles. The number of alkyl halides is 3. The highest BCUT2D eigenvalue weighted by Crippen LogP contribution is 2.27. The average molecular weight is 363 g/mol. The molecule has 0 atom stereocenters. The van der Waals surface area contributed by atoms with E-state index in [-0.39, 0.29) is 5.91 Å². The second-order valence-electron chi connectivity index (χ2n) is 6.38. The van der Waals surface area contributed by atoms with Crippen LogP contribution in [0.25, 0.3) is 0 Å². The Morgan fingerprint density at radius 3 is 2.35 bits per heavy atom. The van der Waals surface area contributed by atoms with Gasteiger partial charge in [-0.2, -0.15) is 13.2 Å². The van der Waals surface area contributed by atoms with Crippen LogP contribution in [0, 0.1) is 0 Å². The minimum absolute atomic E-state index is 0.0990. The maximum atomic E-state index is 12.6. The Morgan fingerprint density at radius 2 is 1.69 bits per heavy atom. The molecule has 1 fully saturated rings. The van der Waals surface area contributed by atoms with Crippen LogP contribution in [0.1, 0.15) is 23.2 Å². The Bertz CT molecular complexity index is 732. The fourth-order valence-electron chi connectivity index (χ4n) is 2.98. The molecule has 0 N–H and O–H groups in total. The molecule has 138 valence electrons. The Kier molecular flexibility index (Phi) is 5.56. The predicted molar refractivity (Wildman–Crippen MR) is 91.0 cm³/mol. The van der Waals surface area contributed by atoms with Crippen molar-refractivity contribution in [2.75, 3.05) is 19.6 Å². The molecule has 0 unspecified atom stereocenters. The summed E-state index contributed by atoms with van der Waals surface area (Å²) in [6, 6.07) is 12.3. The van der Waals surface area contributed by atoms with Crippen LogP contribution in [-0.2, 0) is 24.1 Å². The van der Waals surface area contributed by atoms with Crippen LogP contribution < -0.4 is 0 Å². The molecule has 3 rings (SSSR count). The molecule has 7 heteroatoms. The molecule has 1 aromatic carbocycles. The van der Waals surface area contributed by atoms with Crippen LogP contribution in [0.2, 0.25) is 0 Å². The minimum Gasteiger partial charge on any atom is -0.337 e. The summed E-state index contributed by atoms with van der Waals surface area (Å²) in [6.45, 7) is 2.93. The molecular weight excluding hydrogens is 343 g/mol. The number of aromatic nitrogens is 1. The molecule has 1 saturated heterocycles. The first-order valence-corrected chi connectivity index (χ1v) is 8.48. The molecule has 0 spiro atoms. The Labute approximate surface area is 150 Å². The lowest BCUT2D eigenvalue weighted by molar-refractivity contribution is -0.141. The van der Waals surface area contributed by atoms with Crippen molar-refractivity contribution in [2.24, 2.45) is 0 Å². The number of benzene rings is 1. The van der Waals surface area contributed by atoms with Crippen molar-refractivity contribution in [1.82, 2.24) is 14.8 Å². The van der Waals surface area contributed by atoms with Gasteiger partial charge in [-0.25, -0.2) is 0 Å². The van der Waals surface area contributed by atoms with Gasteiger partial charge in [0.2, 0.25) is 5.91 Å². The molecule has 26 heavy (non-hydrogen) atoms. The number of pyridine rings is 1. The van der Waals surface area contributed by atoms with E-state index >= 15 is 0 Å². The Hall–Kier alpha value is -2.41. The summed E-state index contributed by atoms with van der Waals surface area (Å²) in [5.74, 6) is 0.0990. The summed E-state index contributed by atoms with van der Waals surface area (Å²) < 4.78 is 37.7. The number of hydrogen-bond donors (Lipinski definition) is 0. The van der Waals surface area contributed by atoms with Gasteiger partial charge in [-0.1, -0.05) is 36.4 Å². The summed E-state index contributed by atoms with van der Waals surface area (Å²) in [6.07, 6.45) is -2.76. The van der Waals surface area contributed by atoms with Gasteiger partial charge in [-0.3, -0.25) is 14.7 Å². The van der Waals surface area contributed by atoms with Gasteiger partial charge in [-0.05, 0) is 17.2 Å². The van der Waals surface area contributed by atoms with Crippen molar-refractivity contribution in [1.29, 1.82) is 0 Å². The van der Waals surface area contributed by atoms with Gasteiger partial charge in [0.05, 0.1) is 0 Å². The molecular formula is C19H20F3N3O. The van der Waals surface area contributed by atoms with Crippen molar-refractivity contribution < 1.29 is 18.0 Å². The lowest BCUT2D eigenvalue weighted by Crippen LogP contribution is -2.32. The van der Waals surface area contributed by atoms with E-state index in [0.29, 0.717) is 44.7 Å². The number of carbonyl (C=O) groups is 1. The van der Waals surface area contributed by atoms with Crippen molar-refractivity contribution in [2.45, 2.75) is 25.7 Å². The number of amides is 1. The van der Waals surface area contributed by atoms with Gasteiger partial charge in [0.15, 0.2) is 0 Å².